The van der Waals surface area contributed by atoms with E-state index in [0.29, 0.717) is 11.7 Å². The van der Waals surface area contributed by atoms with Gasteiger partial charge in [-0.1, -0.05) is 12.1 Å². The summed E-state index contributed by atoms with van der Waals surface area (Å²) in [4.78, 5) is 4.73. The van der Waals surface area contributed by atoms with Gasteiger partial charge in [0.2, 0.25) is 0 Å². The van der Waals surface area contributed by atoms with Gasteiger partial charge in [-0.25, -0.2) is 9.07 Å². The van der Waals surface area contributed by atoms with Crippen LogP contribution in [0.2, 0.25) is 0 Å². The second-order valence-electron chi connectivity index (χ2n) is 7.75. The predicted octanol–water partition coefficient (Wildman–Crippen LogP) is 3.82. The molecular formula is C23H27FN4O. The highest BCUT2D eigenvalue weighted by Crippen LogP contribution is 2.28. The summed E-state index contributed by atoms with van der Waals surface area (Å²) in [6.45, 7) is 2.94. The summed E-state index contributed by atoms with van der Waals surface area (Å²) in [6.07, 6.45) is 3.11. The average Bonchev–Trinajstić information content (AvgIpc) is 3.35. The largest absolute Gasteiger partial charge is 0.497 e. The minimum atomic E-state index is -0.284. The summed E-state index contributed by atoms with van der Waals surface area (Å²) < 4.78 is 21.3. The molecule has 0 unspecified atom stereocenters. The third-order valence-electron chi connectivity index (χ3n) is 5.66. The number of para-hydroxylation sites is 1. The van der Waals surface area contributed by atoms with Crippen molar-refractivity contribution in [3.8, 4) is 22.7 Å². The summed E-state index contributed by atoms with van der Waals surface area (Å²) in [5.41, 5.74) is 3.40. The monoisotopic (exact) mass is 394 g/mol. The Morgan fingerprint density at radius 3 is 2.59 bits per heavy atom. The zero-order valence-corrected chi connectivity index (χ0v) is 17.2. The van der Waals surface area contributed by atoms with Gasteiger partial charge in [-0.05, 0) is 63.5 Å². The van der Waals surface area contributed by atoms with Gasteiger partial charge in [0, 0.05) is 36.5 Å². The number of ether oxygens (including phenoxy) is 1. The van der Waals surface area contributed by atoms with Crippen LogP contribution in [-0.4, -0.2) is 59.9 Å². The van der Waals surface area contributed by atoms with Gasteiger partial charge in [-0.2, -0.15) is 5.10 Å². The zero-order valence-electron chi connectivity index (χ0n) is 17.2. The van der Waals surface area contributed by atoms with E-state index in [9.17, 15) is 4.39 Å². The number of nitrogens with zero attached hydrogens (tertiary/aromatic N) is 4. The molecule has 3 aromatic rings. The van der Waals surface area contributed by atoms with Gasteiger partial charge in [0.1, 0.15) is 17.3 Å². The van der Waals surface area contributed by atoms with Gasteiger partial charge >= 0.3 is 0 Å². The van der Waals surface area contributed by atoms with Crippen molar-refractivity contribution in [2.24, 2.45) is 0 Å². The Balaban J connectivity index is 1.70. The van der Waals surface area contributed by atoms with Crippen molar-refractivity contribution in [1.29, 1.82) is 0 Å². The van der Waals surface area contributed by atoms with Crippen molar-refractivity contribution in [3.63, 3.8) is 0 Å². The molecule has 1 saturated heterocycles. The van der Waals surface area contributed by atoms with E-state index in [1.54, 1.807) is 23.9 Å². The molecule has 0 amide bonds. The molecule has 29 heavy (non-hydrogen) atoms. The summed E-state index contributed by atoms with van der Waals surface area (Å²) in [7, 11) is 5.97. The smallest absolute Gasteiger partial charge is 0.148 e. The first-order valence-corrected chi connectivity index (χ1v) is 9.92. The minimum Gasteiger partial charge on any atom is -0.497 e. The minimum absolute atomic E-state index is 0.284. The molecule has 4 rings (SSSR count). The van der Waals surface area contributed by atoms with Crippen molar-refractivity contribution >= 4 is 0 Å². The Hall–Kier alpha value is -2.70. The highest BCUT2D eigenvalue weighted by Gasteiger charge is 2.25. The highest BCUT2D eigenvalue weighted by atomic mass is 19.1. The molecule has 1 atom stereocenters. The molecule has 0 saturated carbocycles. The van der Waals surface area contributed by atoms with Gasteiger partial charge in [0.05, 0.1) is 12.8 Å². The van der Waals surface area contributed by atoms with Crippen molar-refractivity contribution < 1.29 is 9.13 Å². The van der Waals surface area contributed by atoms with Crippen molar-refractivity contribution in [1.82, 2.24) is 19.6 Å². The molecular weight excluding hydrogens is 367 g/mol. The topological polar surface area (TPSA) is 33.5 Å². The SMILES string of the molecule is COc1ccc(-c2nn(-c3ccccc3F)cc2CN(C)[C@H]2CCN(C)C2)cc1. The molecule has 1 aliphatic heterocycles. The normalized spacial score (nSPS) is 17.2. The molecule has 0 bridgehead atoms. The van der Waals surface area contributed by atoms with Crippen LogP contribution in [0, 0.1) is 5.82 Å². The molecule has 1 aromatic heterocycles. The van der Waals surface area contributed by atoms with Crippen molar-refractivity contribution in [2.75, 3.05) is 34.3 Å². The van der Waals surface area contributed by atoms with E-state index in [1.165, 1.54) is 6.07 Å². The second-order valence-corrected chi connectivity index (χ2v) is 7.75. The second kappa shape index (κ2) is 8.35. The van der Waals surface area contributed by atoms with E-state index in [4.69, 9.17) is 9.84 Å². The lowest BCUT2D eigenvalue weighted by Gasteiger charge is -2.24. The summed E-state index contributed by atoms with van der Waals surface area (Å²) in [5.74, 6) is 0.517. The van der Waals surface area contributed by atoms with E-state index in [-0.39, 0.29) is 5.82 Å². The Bertz CT molecular complexity index is 969. The van der Waals surface area contributed by atoms with E-state index in [0.717, 1.165) is 48.6 Å². The highest BCUT2D eigenvalue weighted by molar-refractivity contribution is 5.64. The Kier molecular flexibility index (Phi) is 5.65. The van der Waals surface area contributed by atoms with Crippen LogP contribution in [0.4, 0.5) is 4.39 Å². The van der Waals surface area contributed by atoms with Gasteiger partial charge in [-0.3, -0.25) is 4.90 Å². The van der Waals surface area contributed by atoms with Crippen LogP contribution in [0.25, 0.3) is 16.9 Å². The van der Waals surface area contributed by atoms with Crippen LogP contribution < -0.4 is 4.74 Å². The van der Waals surface area contributed by atoms with E-state index in [1.807, 2.05) is 36.5 Å². The van der Waals surface area contributed by atoms with Gasteiger partial charge in [0.25, 0.3) is 0 Å². The fourth-order valence-electron chi connectivity index (χ4n) is 3.95. The first-order chi connectivity index (χ1) is 14.0. The molecule has 5 nitrogen and oxygen atoms in total. The zero-order chi connectivity index (χ0) is 20.4. The Labute approximate surface area is 171 Å². The maximum Gasteiger partial charge on any atom is 0.148 e. The van der Waals surface area contributed by atoms with E-state index < -0.39 is 0 Å². The lowest BCUT2D eigenvalue weighted by Crippen LogP contribution is -2.33. The Morgan fingerprint density at radius 1 is 1.17 bits per heavy atom. The van der Waals surface area contributed by atoms with E-state index in [2.05, 4.69) is 23.9 Å². The number of hydrogen-bond donors (Lipinski definition) is 0. The van der Waals surface area contributed by atoms with Gasteiger partial charge in [0.15, 0.2) is 0 Å². The quantitative estimate of drug-likeness (QED) is 0.636. The third-order valence-corrected chi connectivity index (χ3v) is 5.66. The predicted molar refractivity (Wildman–Crippen MR) is 113 cm³/mol. The molecule has 152 valence electrons. The number of likely N-dealkylation sites (N-methyl/N-ethyl adjacent to an activating group) is 2. The molecule has 1 aliphatic rings. The molecule has 0 spiro atoms. The fraction of sp³-hybridized carbons (Fsp3) is 0.348. The number of hydrogen-bond acceptors (Lipinski definition) is 4. The van der Waals surface area contributed by atoms with E-state index >= 15 is 0 Å². The number of rotatable bonds is 6. The number of likely N-dealkylation sites (tertiary alicyclic amines) is 1. The van der Waals surface area contributed by atoms with Gasteiger partial charge in [-0.15, -0.1) is 0 Å². The van der Waals surface area contributed by atoms with Crippen LogP contribution in [0.15, 0.2) is 54.7 Å². The van der Waals surface area contributed by atoms with Crippen LogP contribution in [0.5, 0.6) is 5.75 Å². The summed E-state index contributed by atoms with van der Waals surface area (Å²) in [6, 6.07) is 15.1. The molecule has 2 aromatic carbocycles. The standard InChI is InChI=1S/C23H27FN4O/c1-26-13-12-19(16-26)27(2)14-18-15-28(22-7-5-4-6-21(22)24)25-23(18)17-8-10-20(29-3)11-9-17/h4-11,15,19H,12-14,16H2,1-3H3/t19-/m0/s1. The third kappa shape index (κ3) is 4.18. The van der Waals surface area contributed by atoms with Crippen molar-refractivity contribution in [3.05, 3.63) is 66.1 Å². The molecule has 0 N–H and O–H groups in total. The summed E-state index contributed by atoms with van der Waals surface area (Å²) >= 11 is 0. The molecule has 0 radical (unpaired) electrons. The maximum atomic E-state index is 14.4. The number of methoxy groups -OCH3 is 1. The lowest BCUT2D eigenvalue weighted by atomic mass is 10.1. The molecule has 0 aliphatic carbocycles. The first-order valence-electron chi connectivity index (χ1n) is 9.92. The van der Waals surface area contributed by atoms with Crippen LogP contribution in [-0.2, 0) is 6.54 Å². The Morgan fingerprint density at radius 2 is 1.93 bits per heavy atom. The van der Waals surface area contributed by atoms with Crippen molar-refractivity contribution in [2.45, 2.75) is 19.0 Å². The lowest BCUT2D eigenvalue weighted by molar-refractivity contribution is 0.234. The van der Waals surface area contributed by atoms with Gasteiger partial charge < -0.3 is 9.64 Å². The molecule has 2 heterocycles. The fourth-order valence-corrected chi connectivity index (χ4v) is 3.95. The van der Waals surface area contributed by atoms with Crippen LogP contribution in [0.3, 0.4) is 0 Å². The number of benzene rings is 2. The van der Waals surface area contributed by atoms with Crippen LogP contribution >= 0.6 is 0 Å². The number of aromatic nitrogens is 2. The maximum absolute atomic E-state index is 14.4. The first kappa shape index (κ1) is 19.6. The van der Waals surface area contributed by atoms with Crippen LogP contribution in [0.1, 0.15) is 12.0 Å². The average molecular weight is 394 g/mol. The molecule has 1 fully saturated rings. The summed E-state index contributed by atoms with van der Waals surface area (Å²) in [5, 5.41) is 4.76. The number of halogens is 1. The molecule has 6 heteroatoms.